The molecule has 2 heterocycles. The Hall–Kier alpha value is -0.580. The van der Waals surface area contributed by atoms with Crippen LogP contribution in [0, 0.1) is 0 Å². The largest absolute Gasteiger partial charge is 0.464 e. The number of ether oxygens (including phenoxy) is 3. The molecule has 2 aliphatic rings. The van der Waals surface area contributed by atoms with Crippen LogP contribution in [0.3, 0.4) is 0 Å². The summed E-state index contributed by atoms with van der Waals surface area (Å²) in [5.74, 6) is 0.0359. The van der Waals surface area contributed by atoms with Crippen molar-refractivity contribution in [2.24, 2.45) is 0 Å². The zero-order valence-electron chi connectivity index (χ0n) is 9.07. The first-order valence-corrected chi connectivity index (χ1v) is 5.54. The molecule has 0 saturated carbocycles. The first kappa shape index (κ1) is 10.9. The van der Waals surface area contributed by atoms with E-state index in [-0.39, 0.29) is 12.7 Å². The van der Waals surface area contributed by atoms with E-state index >= 15 is 0 Å². The minimum absolute atomic E-state index is 0.00370. The van der Waals surface area contributed by atoms with Crippen molar-refractivity contribution in [3.63, 3.8) is 0 Å². The van der Waals surface area contributed by atoms with Crippen molar-refractivity contribution in [2.45, 2.75) is 38.1 Å². The van der Waals surface area contributed by atoms with Gasteiger partial charge in [-0.1, -0.05) is 0 Å². The molecule has 0 aromatic carbocycles. The Kier molecular flexibility index (Phi) is 3.29. The van der Waals surface area contributed by atoms with Crippen molar-refractivity contribution in [1.29, 1.82) is 0 Å². The molecule has 1 spiro atoms. The van der Waals surface area contributed by atoms with E-state index in [0.29, 0.717) is 12.4 Å². The normalized spacial score (nSPS) is 35.3. The van der Waals surface area contributed by atoms with Crippen molar-refractivity contribution < 1.29 is 19.3 Å². The van der Waals surface area contributed by atoms with E-state index in [0.717, 1.165) is 25.9 Å². The summed E-state index contributed by atoms with van der Waals surface area (Å²) in [7, 11) is 0. The third-order valence-electron chi connectivity index (χ3n) is 2.80. The molecule has 0 aromatic heterocycles. The summed E-state index contributed by atoms with van der Waals surface area (Å²) in [6.45, 7) is 3.27. The summed E-state index contributed by atoms with van der Waals surface area (Å²) in [6, 6.07) is 0. The SMILES string of the molecule is CCO[C@H]1C=C(CO)O[C@]2(CCCO2)C1. The zero-order chi connectivity index (χ0) is 10.7. The molecule has 2 rings (SSSR count). The Labute approximate surface area is 89.8 Å². The second-order valence-corrected chi connectivity index (χ2v) is 3.95. The monoisotopic (exact) mass is 214 g/mol. The molecule has 1 fully saturated rings. The molecular formula is C11H18O4. The molecule has 0 unspecified atom stereocenters. The van der Waals surface area contributed by atoms with Crippen LogP contribution < -0.4 is 0 Å². The first-order chi connectivity index (χ1) is 7.28. The molecule has 2 aliphatic heterocycles. The van der Waals surface area contributed by atoms with Gasteiger partial charge in [-0.3, -0.25) is 0 Å². The number of rotatable bonds is 3. The fourth-order valence-electron chi connectivity index (χ4n) is 2.21. The van der Waals surface area contributed by atoms with Gasteiger partial charge in [0.2, 0.25) is 5.79 Å². The minimum Gasteiger partial charge on any atom is -0.464 e. The van der Waals surface area contributed by atoms with E-state index in [2.05, 4.69) is 0 Å². The van der Waals surface area contributed by atoms with Gasteiger partial charge in [-0.25, -0.2) is 0 Å². The van der Waals surface area contributed by atoms with Crippen LogP contribution in [-0.4, -0.2) is 36.8 Å². The summed E-state index contributed by atoms with van der Waals surface area (Å²) < 4.78 is 16.9. The van der Waals surface area contributed by atoms with Crippen LogP contribution in [0.15, 0.2) is 11.8 Å². The standard InChI is InChI=1S/C11H18O4/c1-2-13-9-6-10(8-12)15-11(7-9)4-3-5-14-11/h6,9,12H,2-5,7-8H2,1H3/t9-,11+/m0/s1. The average Bonchev–Trinajstić information content (AvgIpc) is 2.66. The smallest absolute Gasteiger partial charge is 0.213 e. The number of hydrogen-bond acceptors (Lipinski definition) is 4. The molecular weight excluding hydrogens is 196 g/mol. The predicted octanol–water partition coefficient (Wildman–Crippen LogP) is 1.19. The molecule has 2 atom stereocenters. The Morgan fingerprint density at radius 2 is 2.53 bits per heavy atom. The van der Waals surface area contributed by atoms with Gasteiger partial charge in [-0.15, -0.1) is 0 Å². The maximum absolute atomic E-state index is 9.12. The van der Waals surface area contributed by atoms with Crippen LogP contribution in [0.1, 0.15) is 26.2 Å². The van der Waals surface area contributed by atoms with Crippen LogP contribution in [0.4, 0.5) is 0 Å². The fourth-order valence-corrected chi connectivity index (χ4v) is 2.21. The molecule has 0 radical (unpaired) electrons. The van der Waals surface area contributed by atoms with Gasteiger partial charge in [0.15, 0.2) is 0 Å². The summed E-state index contributed by atoms with van der Waals surface area (Å²) in [6.07, 6.45) is 4.47. The number of hydrogen-bond donors (Lipinski definition) is 1. The molecule has 4 nitrogen and oxygen atoms in total. The lowest BCUT2D eigenvalue weighted by Crippen LogP contribution is -2.40. The molecule has 0 amide bonds. The van der Waals surface area contributed by atoms with Crippen molar-refractivity contribution in [3.8, 4) is 0 Å². The highest BCUT2D eigenvalue weighted by Gasteiger charge is 2.42. The summed E-state index contributed by atoms with van der Waals surface area (Å²) >= 11 is 0. The van der Waals surface area contributed by atoms with Crippen LogP contribution in [0.2, 0.25) is 0 Å². The zero-order valence-corrected chi connectivity index (χ0v) is 9.07. The van der Waals surface area contributed by atoms with E-state index < -0.39 is 5.79 Å². The summed E-state index contributed by atoms with van der Waals surface area (Å²) in [5, 5.41) is 9.12. The lowest BCUT2D eigenvalue weighted by molar-refractivity contribution is -0.215. The third kappa shape index (κ3) is 2.33. The Morgan fingerprint density at radius 3 is 3.13 bits per heavy atom. The maximum atomic E-state index is 9.12. The van der Waals surface area contributed by atoms with Gasteiger partial charge in [-0.05, 0) is 19.4 Å². The molecule has 4 heteroatoms. The van der Waals surface area contributed by atoms with Gasteiger partial charge in [0, 0.05) is 19.4 Å². The predicted molar refractivity (Wildman–Crippen MR) is 54.2 cm³/mol. The topological polar surface area (TPSA) is 47.9 Å². The van der Waals surface area contributed by atoms with Crippen LogP contribution in [0.5, 0.6) is 0 Å². The van der Waals surface area contributed by atoms with Crippen LogP contribution >= 0.6 is 0 Å². The summed E-state index contributed by atoms with van der Waals surface area (Å²) in [4.78, 5) is 0. The van der Waals surface area contributed by atoms with E-state index in [1.165, 1.54) is 0 Å². The van der Waals surface area contributed by atoms with Crippen molar-refractivity contribution in [3.05, 3.63) is 11.8 Å². The number of aliphatic hydroxyl groups excluding tert-OH is 1. The van der Waals surface area contributed by atoms with Crippen LogP contribution in [0.25, 0.3) is 0 Å². The van der Waals surface area contributed by atoms with Gasteiger partial charge in [-0.2, -0.15) is 0 Å². The van der Waals surface area contributed by atoms with E-state index in [1.807, 2.05) is 13.0 Å². The quantitative estimate of drug-likeness (QED) is 0.766. The molecule has 0 aromatic rings. The van der Waals surface area contributed by atoms with Crippen molar-refractivity contribution >= 4 is 0 Å². The molecule has 86 valence electrons. The van der Waals surface area contributed by atoms with Crippen LogP contribution in [-0.2, 0) is 14.2 Å². The van der Waals surface area contributed by atoms with E-state index in [1.54, 1.807) is 0 Å². The Bertz CT molecular complexity index is 243. The summed E-state index contributed by atoms with van der Waals surface area (Å²) in [5.41, 5.74) is 0. The minimum atomic E-state index is -0.535. The Morgan fingerprint density at radius 1 is 1.67 bits per heavy atom. The van der Waals surface area contributed by atoms with Gasteiger partial charge >= 0.3 is 0 Å². The van der Waals surface area contributed by atoms with Gasteiger partial charge in [0.05, 0.1) is 12.7 Å². The van der Waals surface area contributed by atoms with Gasteiger partial charge in [0.1, 0.15) is 12.4 Å². The Balaban J connectivity index is 2.08. The number of aliphatic hydroxyl groups is 1. The third-order valence-corrected chi connectivity index (χ3v) is 2.80. The maximum Gasteiger partial charge on any atom is 0.213 e. The second-order valence-electron chi connectivity index (χ2n) is 3.95. The lowest BCUT2D eigenvalue weighted by Gasteiger charge is -2.36. The van der Waals surface area contributed by atoms with E-state index in [4.69, 9.17) is 19.3 Å². The highest BCUT2D eigenvalue weighted by Crippen LogP contribution is 2.37. The van der Waals surface area contributed by atoms with E-state index in [9.17, 15) is 0 Å². The lowest BCUT2D eigenvalue weighted by atomic mass is 10.0. The van der Waals surface area contributed by atoms with Gasteiger partial charge in [0.25, 0.3) is 0 Å². The molecule has 1 N–H and O–H groups in total. The first-order valence-electron chi connectivity index (χ1n) is 5.54. The van der Waals surface area contributed by atoms with Crippen molar-refractivity contribution in [2.75, 3.05) is 19.8 Å². The molecule has 0 aliphatic carbocycles. The molecule has 0 bridgehead atoms. The average molecular weight is 214 g/mol. The molecule has 15 heavy (non-hydrogen) atoms. The highest BCUT2D eigenvalue weighted by molar-refractivity contribution is 5.06. The van der Waals surface area contributed by atoms with Crippen molar-refractivity contribution in [1.82, 2.24) is 0 Å². The second kappa shape index (κ2) is 4.51. The fraction of sp³-hybridized carbons (Fsp3) is 0.818. The highest BCUT2D eigenvalue weighted by atomic mass is 16.7. The molecule has 1 saturated heterocycles. The van der Waals surface area contributed by atoms with Gasteiger partial charge < -0.3 is 19.3 Å².